The van der Waals surface area contributed by atoms with E-state index in [1.54, 1.807) is 56.7 Å². The van der Waals surface area contributed by atoms with E-state index < -0.39 is 11.9 Å². The van der Waals surface area contributed by atoms with E-state index in [1.165, 1.54) is 0 Å². The molecule has 1 atom stereocenters. The Bertz CT molecular complexity index is 896. The van der Waals surface area contributed by atoms with E-state index in [0.717, 1.165) is 0 Å². The van der Waals surface area contributed by atoms with E-state index in [4.69, 9.17) is 21.1 Å². The van der Waals surface area contributed by atoms with Gasteiger partial charge in [-0.3, -0.25) is 20.2 Å². The van der Waals surface area contributed by atoms with Gasteiger partial charge in [0.25, 0.3) is 5.91 Å². The van der Waals surface area contributed by atoms with Crippen LogP contribution in [0.25, 0.3) is 0 Å². The van der Waals surface area contributed by atoms with Gasteiger partial charge in [0.1, 0.15) is 11.5 Å². The van der Waals surface area contributed by atoms with Gasteiger partial charge in [-0.05, 0) is 42.5 Å². The molecule has 0 fully saturated rings. The highest BCUT2D eigenvalue weighted by Gasteiger charge is 2.26. The number of nitrogens with one attached hydrogen (secondary N) is 2. The number of carbonyl (C=O) groups is 2. The summed E-state index contributed by atoms with van der Waals surface area (Å²) < 4.78 is 10.6. The molecular formula is C19H18ClN3O4. The smallest absolute Gasteiger partial charge is 0.257 e. The van der Waals surface area contributed by atoms with Gasteiger partial charge in [0.05, 0.1) is 26.7 Å². The van der Waals surface area contributed by atoms with Crippen LogP contribution < -0.4 is 20.1 Å². The number of rotatable bonds is 4. The quantitative estimate of drug-likeness (QED) is 0.844. The van der Waals surface area contributed by atoms with Crippen molar-refractivity contribution in [1.82, 2.24) is 10.6 Å². The van der Waals surface area contributed by atoms with Crippen LogP contribution in [0.15, 0.2) is 47.5 Å². The summed E-state index contributed by atoms with van der Waals surface area (Å²) in [5.74, 6) is 0.637. The van der Waals surface area contributed by atoms with Gasteiger partial charge < -0.3 is 9.47 Å². The summed E-state index contributed by atoms with van der Waals surface area (Å²) in [6, 6.07) is 11.2. The molecule has 0 radical (unpaired) electrons. The second-order valence-corrected chi connectivity index (χ2v) is 6.25. The SMILES string of the molecule is COc1ccc(OC)c([C@@H]2CC(=O)NC(NC(=O)c3ccc(Cl)cc3)=N2)c1. The Balaban J connectivity index is 1.87. The number of hydrogen-bond acceptors (Lipinski definition) is 5. The Morgan fingerprint density at radius 1 is 1.19 bits per heavy atom. The third kappa shape index (κ3) is 4.38. The lowest BCUT2D eigenvalue weighted by Gasteiger charge is -2.23. The molecule has 2 aromatic carbocycles. The van der Waals surface area contributed by atoms with Crippen LogP contribution in [0.2, 0.25) is 5.02 Å². The van der Waals surface area contributed by atoms with Gasteiger partial charge in [-0.25, -0.2) is 4.99 Å². The normalized spacial score (nSPS) is 16.2. The van der Waals surface area contributed by atoms with Crippen molar-refractivity contribution in [3.8, 4) is 11.5 Å². The fourth-order valence-electron chi connectivity index (χ4n) is 2.72. The van der Waals surface area contributed by atoms with Crippen LogP contribution in [-0.4, -0.2) is 32.0 Å². The van der Waals surface area contributed by atoms with Gasteiger partial charge in [-0.15, -0.1) is 0 Å². The fraction of sp³-hybridized carbons (Fsp3) is 0.211. The molecule has 140 valence electrons. The third-order valence-corrected chi connectivity index (χ3v) is 4.31. The largest absolute Gasteiger partial charge is 0.497 e. The second kappa shape index (κ2) is 8.09. The monoisotopic (exact) mass is 387 g/mol. The number of hydrogen-bond donors (Lipinski definition) is 2. The topological polar surface area (TPSA) is 89.0 Å². The van der Waals surface area contributed by atoms with Crippen molar-refractivity contribution in [3.63, 3.8) is 0 Å². The van der Waals surface area contributed by atoms with E-state index in [1.807, 2.05) is 0 Å². The molecule has 8 heteroatoms. The van der Waals surface area contributed by atoms with Crippen molar-refractivity contribution < 1.29 is 19.1 Å². The first-order valence-electron chi connectivity index (χ1n) is 8.16. The highest BCUT2D eigenvalue weighted by atomic mass is 35.5. The summed E-state index contributed by atoms with van der Waals surface area (Å²) in [6.45, 7) is 0. The molecule has 7 nitrogen and oxygen atoms in total. The standard InChI is InChI=1S/C19H18ClN3O4/c1-26-13-7-8-16(27-2)14(9-13)15-10-17(24)22-19(21-15)23-18(25)11-3-5-12(20)6-4-11/h3-9,15H,10H2,1-2H3,(H2,21,22,23,24,25)/t15-/m0/s1. The van der Waals surface area contributed by atoms with Crippen molar-refractivity contribution in [2.24, 2.45) is 4.99 Å². The Kier molecular flexibility index (Phi) is 5.61. The maximum absolute atomic E-state index is 12.4. The number of ether oxygens (including phenoxy) is 2. The second-order valence-electron chi connectivity index (χ2n) is 5.81. The predicted molar refractivity (Wildman–Crippen MR) is 101 cm³/mol. The first kappa shape index (κ1) is 18.7. The molecule has 2 aromatic rings. The molecule has 1 aliphatic rings. The molecule has 27 heavy (non-hydrogen) atoms. The molecular weight excluding hydrogens is 370 g/mol. The van der Waals surface area contributed by atoms with Gasteiger partial charge in [0.15, 0.2) is 0 Å². The van der Waals surface area contributed by atoms with E-state index in [9.17, 15) is 9.59 Å². The lowest BCUT2D eigenvalue weighted by Crippen LogP contribution is -2.47. The first-order valence-corrected chi connectivity index (χ1v) is 8.54. The minimum absolute atomic E-state index is 0.0843. The molecule has 2 N–H and O–H groups in total. The molecule has 2 amide bonds. The molecule has 0 bridgehead atoms. The lowest BCUT2D eigenvalue weighted by molar-refractivity contribution is -0.120. The van der Waals surface area contributed by atoms with Gasteiger partial charge in [-0.1, -0.05) is 11.6 Å². The van der Waals surface area contributed by atoms with Crippen LogP contribution in [0, 0.1) is 0 Å². The number of aliphatic imine (C=N–C) groups is 1. The predicted octanol–water partition coefficient (Wildman–Crippen LogP) is 2.70. The Morgan fingerprint density at radius 2 is 1.93 bits per heavy atom. The average Bonchev–Trinajstić information content (AvgIpc) is 2.67. The van der Waals surface area contributed by atoms with Crippen molar-refractivity contribution >= 4 is 29.4 Å². The van der Waals surface area contributed by atoms with Crippen molar-refractivity contribution in [3.05, 3.63) is 58.6 Å². The number of guanidine groups is 1. The van der Waals surface area contributed by atoms with Gasteiger partial charge in [-0.2, -0.15) is 0 Å². The zero-order valence-corrected chi connectivity index (χ0v) is 15.5. The molecule has 0 spiro atoms. The maximum atomic E-state index is 12.4. The number of nitrogens with zero attached hydrogens (tertiary/aromatic N) is 1. The number of carbonyl (C=O) groups excluding carboxylic acids is 2. The molecule has 1 aliphatic heterocycles. The summed E-state index contributed by atoms with van der Waals surface area (Å²) in [7, 11) is 3.10. The molecule has 0 saturated carbocycles. The van der Waals surface area contributed by atoms with Crippen LogP contribution in [0.1, 0.15) is 28.4 Å². The van der Waals surface area contributed by atoms with Crippen LogP contribution in [0.5, 0.6) is 11.5 Å². The zero-order chi connectivity index (χ0) is 19.4. The molecule has 0 aromatic heterocycles. The van der Waals surface area contributed by atoms with Gasteiger partial charge in [0, 0.05) is 16.1 Å². The Hall–Kier alpha value is -3.06. The van der Waals surface area contributed by atoms with Crippen molar-refractivity contribution in [2.45, 2.75) is 12.5 Å². The molecule has 0 saturated heterocycles. The summed E-state index contributed by atoms with van der Waals surface area (Å²) in [4.78, 5) is 29.0. The number of methoxy groups -OCH3 is 2. The summed E-state index contributed by atoms with van der Waals surface area (Å²) >= 11 is 5.83. The molecule has 1 heterocycles. The number of benzene rings is 2. The van der Waals surface area contributed by atoms with Crippen LogP contribution >= 0.6 is 11.6 Å². The van der Waals surface area contributed by atoms with Gasteiger partial charge in [0.2, 0.25) is 11.9 Å². The van der Waals surface area contributed by atoms with E-state index >= 15 is 0 Å². The summed E-state index contributed by atoms with van der Waals surface area (Å²) in [5, 5.41) is 5.72. The van der Waals surface area contributed by atoms with Crippen LogP contribution in [0.3, 0.4) is 0 Å². The molecule has 3 rings (SSSR count). The minimum atomic E-state index is -0.510. The first-order chi connectivity index (χ1) is 13.0. The average molecular weight is 388 g/mol. The summed E-state index contributed by atoms with van der Waals surface area (Å²) in [5.41, 5.74) is 1.10. The zero-order valence-electron chi connectivity index (χ0n) is 14.8. The van der Waals surface area contributed by atoms with E-state index in [2.05, 4.69) is 15.6 Å². The third-order valence-electron chi connectivity index (χ3n) is 4.06. The number of amides is 2. The van der Waals surface area contributed by atoms with Crippen molar-refractivity contribution in [2.75, 3.05) is 14.2 Å². The van der Waals surface area contributed by atoms with E-state index in [0.29, 0.717) is 27.6 Å². The minimum Gasteiger partial charge on any atom is -0.497 e. The highest BCUT2D eigenvalue weighted by Crippen LogP contribution is 2.34. The fourth-order valence-corrected chi connectivity index (χ4v) is 2.84. The van der Waals surface area contributed by atoms with Gasteiger partial charge >= 0.3 is 0 Å². The van der Waals surface area contributed by atoms with Crippen LogP contribution in [-0.2, 0) is 4.79 Å². The van der Waals surface area contributed by atoms with E-state index in [-0.39, 0.29) is 18.3 Å². The molecule has 0 unspecified atom stereocenters. The Labute approximate surface area is 161 Å². The lowest BCUT2D eigenvalue weighted by atomic mass is 10.0. The summed E-state index contributed by atoms with van der Waals surface area (Å²) in [6.07, 6.45) is 0.129. The van der Waals surface area contributed by atoms with Crippen molar-refractivity contribution in [1.29, 1.82) is 0 Å². The number of halogens is 1. The van der Waals surface area contributed by atoms with Crippen LogP contribution in [0.4, 0.5) is 0 Å². The molecule has 0 aliphatic carbocycles. The Morgan fingerprint density at radius 3 is 2.59 bits per heavy atom. The maximum Gasteiger partial charge on any atom is 0.257 e. The highest BCUT2D eigenvalue weighted by molar-refractivity contribution is 6.30.